The van der Waals surface area contributed by atoms with E-state index in [1.807, 2.05) is 0 Å². The largest absolute Gasteiger partial charge is 0.381 e. The first-order chi connectivity index (χ1) is 12.0. The Morgan fingerprint density at radius 2 is 1.80 bits per heavy atom. The molecule has 7 heteroatoms. The SMILES string of the molecule is COC1CCN(C2CCN(S(=O)(=O)Cc3cccc(F)c3)CC2)CC1. The highest BCUT2D eigenvalue weighted by Crippen LogP contribution is 2.24. The van der Waals surface area contributed by atoms with E-state index in [4.69, 9.17) is 4.74 Å². The maximum absolute atomic E-state index is 13.3. The van der Waals surface area contributed by atoms with Crippen molar-refractivity contribution in [2.45, 2.75) is 43.6 Å². The summed E-state index contributed by atoms with van der Waals surface area (Å²) in [6.45, 7) is 3.15. The van der Waals surface area contributed by atoms with Crippen LogP contribution in [0.15, 0.2) is 24.3 Å². The second-order valence-electron chi connectivity index (χ2n) is 6.99. The second kappa shape index (κ2) is 8.12. The Balaban J connectivity index is 1.53. The van der Waals surface area contributed by atoms with Crippen molar-refractivity contribution >= 4 is 10.0 Å². The van der Waals surface area contributed by atoms with Gasteiger partial charge in [0, 0.05) is 39.3 Å². The van der Waals surface area contributed by atoms with Crippen LogP contribution in [0, 0.1) is 5.82 Å². The third-order valence-corrected chi connectivity index (χ3v) is 7.23. The van der Waals surface area contributed by atoms with Gasteiger partial charge in [-0.1, -0.05) is 12.1 Å². The minimum absolute atomic E-state index is 0.130. The van der Waals surface area contributed by atoms with E-state index < -0.39 is 15.8 Å². The van der Waals surface area contributed by atoms with Crippen LogP contribution in [0.2, 0.25) is 0 Å². The zero-order valence-electron chi connectivity index (χ0n) is 14.7. The van der Waals surface area contributed by atoms with Crippen molar-refractivity contribution in [2.24, 2.45) is 0 Å². The van der Waals surface area contributed by atoms with Crippen molar-refractivity contribution < 1.29 is 17.5 Å². The van der Waals surface area contributed by atoms with E-state index in [1.165, 1.54) is 12.1 Å². The van der Waals surface area contributed by atoms with Crippen LogP contribution >= 0.6 is 0 Å². The van der Waals surface area contributed by atoms with Crippen molar-refractivity contribution in [3.05, 3.63) is 35.6 Å². The van der Waals surface area contributed by atoms with E-state index in [0.717, 1.165) is 38.8 Å². The molecular formula is C18H27FN2O3S. The average Bonchev–Trinajstić information content (AvgIpc) is 2.61. The first kappa shape index (κ1) is 18.8. The van der Waals surface area contributed by atoms with Crippen LogP contribution in [0.3, 0.4) is 0 Å². The van der Waals surface area contributed by atoms with E-state index >= 15 is 0 Å². The van der Waals surface area contributed by atoms with Crippen molar-refractivity contribution in [1.29, 1.82) is 0 Å². The van der Waals surface area contributed by atoms with E-state index in [2.05, 4.69) is 4.90 Å². The fraction of sp³-hybridized carbons (Fsp3) is 0.667. The first-order valence-corrected chi connectivity index (χ1v) is 10.6. The topological polar surface area (TPSA) is 49.9 Å². The highest BCUT2D eigenvalue weighted by molar-refractivity contribution is 7.88. The molecule has 0 aliphatic carbocycles. The molecule has 0 radical (unpaired) electrons. The normalized spacial score (nSPS) is 22.3. The zero-order chi connectivity index (χ0) is 17.9. The molecule has 2 aliphatic heterocycles. The molecule has 0 aromatic heterocycles. The molecule has 1 aromatic carbocycles. The van der Waals surface area contributed by atoms with Gasteiger partial charge in [0.25, 0.3) is 0 Å². The fourth-order valence-corrected chi connectivity index (χ4v) is 5.44. The van der Waals surface area contributed by atoms with Gasteiger partial charge in [0.1, 0.15) is 5.82 Å². The molecule has 0 spiro atoms. The summed E-state index contributed by atoms with van der Waals surface area (Å²) in [5.41, 5.74) is 0.503. The molecule has 0 saturated carbocycles. The summed E-state index contributed by atoms with van der Waals surface area (Å²) in [5.74, 6) is -0.528. The molecule has 5 nitrogen and oxygen atoms in total. The monoisotopic (exact) mass is 370 g/mol. The maximum atomic E-state index is 13.3. The summed E-state index contributed by atoms with van der Waals surface area (Å²) in [6, 6.07) is 6.29. The van der Waals surface area contributed by atoms with E-state index in [0.29, 0.717) is 30.8 Å². The van der Waals surface area contributed by atoms with Gasteiger partial charge in [0.15, 0.2) is 0 Å². The van der Waals surface area contributed by atoms with E-state index in [-0.39, 0.29) is 5.75 Å². The molecule has 140 valence electrons. The second-order valence-corrected chi connectivity index (χ2v) is 8.96. The number of hydrogen-bond acceptors (Lipinski definition) is 4. The van der Waals surface area contributed by atoms with Gasteiger partial charge in [-0.2, -0.15) is 0 Å². The summed E-state index contributed by atoms with van der Waals surface area (Å²) < 4.78 is 45.5. The molecule has 1 aromatic rings. The summed E-state index contributed by atoms with van der Waals surface area (Å²) >= 11 is 0. The van der Waals surface area contributed by atoms with Crippen LogP contribution in [0.5, 0.6) is 0 Å². The van der Waals surface area contributed by atoms with Crippen molar-refractivity contribution in [1.82, 2.24) is 9.21 Å². The quantitative estimate of drug-likeness (QED) is 0.798. The molecule has 0 amide bonds. The van der Waals surface area contributed by atoms with Crippen molar-refractivity contribution in [3.63, 3.8) is 0 Å². The van der Waals surface area contributed by atoms with Gasteiger partial charge in [-0.15, -0.1) is 0 Å². The van der Waals surface area contributed by atoms with Crippen LogP contribution in [0.25, 0.3) is 0 Å². The molecule has 2 heterocycles. The van der Waals surface area contributed by atoms with E-state index in [9.17, 15) is 12.8 Å². The number of piperidine rings is 2. The Kier molecular flexibility index (Phi) is 6.09. The minimum Gasteiger partial charge on any atom is -0.381 e. The lowest BCUT2D eigenvalue weighted by atomic mass is 10.00. The molecular weight excluding hydrogens is 343 g/mol. The van der Waals surface area contributed by atoms with E-state index in [1.54, 1.807) is 23.5 Å². The van der Waals surface area contributed by atoms with Gasteiger partial charge in [-0.3, -0.25) is 0 Å². The molecule has 2 saturated heterocycles. The number of methoxy groups -OCH3 is 1. The molecule has 2 aliphatic rings. The Hall–Kier alpha value is -1.02. The molecule has 0 bridgehead atoms. The number of benzene rings is 1. The van der Waals surface area contributed by atoms with Crippen LogP contribution in [0.4, 0.5) is 4.39 Å². The number of rotatable bonds is 5. The minimum atomic E-state index is -3.39. The fourth-order valence-electron chi connectivity index (χ4n) is 3.89. The van der Waals surface area contributed by atoms with Crippen molar-refractivity contribution in [3.8, 4) is 0 Å². The third-order valence-electron chi connectivity index (χ3n) is 5.38. The predicted molar refractivity (Wildman–Crippen MR) is 95.2 cm³/mol. The number of hydrogen-bond donors (Lipinski definition) is 0. The van der Waals surface area contributed by atoms with Gasteiger partial charge < -0.3 is 9.64 Å². The molecule has 3 rings (SSSR count). The summed E-state index contributed by atoms with van der Waals surface area (Å²) in [6.07, 6.45) is 4.19. The highest BCUT2D eigenvalue weighted by atomic mass is 32.2. The average molecular weight is 370 g/mol. The Labute approximate surface area is 149 Å². The number of sulfonamides is 1. The van der Waals surface area contributed by atoms with Gasteiger partial charge in [-0.05, 0) is 43.4 Å². The lowest BCUT2D eigenvalue weighted by Gasteiger charge is -2.41. The molecule has 25 heavy (non-hydrogen) atoms. The summed E-state index contributed by atoms with van der Waals surface area (Å²) in [4.78, 5) is 2.48. The number of ether oxygens (including phenoxy) is 1. The molecule has 0 N–H and O–H groups in total. The highest BCUT2D eigenvalue weighted by Gasteiger charge is 2.32. The lowest BCUT2D eigenvalue weighted by Crippen LogP contribution is -2.49. The van der Waals surface area contributed by atoms with Crippen LogP contribution in [-0.4, -0.2) is 63.1 Å². The van der Waals surface area contributed by atoms with Crippen LogP contribution < -0.4 is 0 Å². The number of nitrogens with zero attached hydrogens (tertiary/aromatic N) is 2. The third kappa shape index (κ3) is 4.78. The van der Waals surface area contributed by atoms with Crippen LogP contribution in [-0.2, 0) is 20.5 Å². The smallest absolute Gasteiger partial charge is 0.218 e. The number of likely N-dealkylation sites (tertiary alicyclic amines) is 1. The number of halogens is 1. The molecule has 0 unspecified atom stereocenters. The maximum Gasteiger partial charge on any atom is 0.218 e. The summed E-state index contributed by atoms with van der Waals surface area (Å²) in [7, 11) is -1.63. The molecule has 2 fully saturated rings. The zero-order valence-corrected chi connectivity index (χ0v) is 15.5. The first-order valence-electron chi connectivity index (χ1n) is 8.97. The van der Waals surface area contributed by atoms with Gasteiger partial charge in [0.2, 0.25) is 10.0 Å². The Bertz CT molecular complexity index is 667. The van der Waals surface area contributed by atoms with Gasteiger partial charge in [0.05, 0.1) is 11.9 Å². The predicted octanol–water partition coefficient (Wildman–Crippen LogP) is 2.23. The molecule has 0 atom stereocenters. The Morgan fingerprint density at radius 3 is 2.40 bits per heavy atom. The van der Waals surface area contributed by atoms with Crippen LogP contribution in [0.1, 0.15) is 31.2 Å². The van der Waals surface area contributed by atoms with Crippen molar-refractivity contribution in [2.75, 3.05) is 33.3 Å². The van der Waals surface area contributed by atoms with Gasteiger partial charge >= 0.3 is 0 Å². The Morgan fingerprint density at radius 1 is 1.12 bits per heavy atom. The van der Waals surface area contributed by atoms with Gasteiger partial charge in [-0.25, -0.2) is 17.1 Å². The lowest BCUT2D eigenvalue weighted by molar-refractivity contribution is 0.0190. The summed E-state index contributed by atoms with van der Waals surface area (Å²) in [5, 5.41) is 0. The standard InChI is InChI=1S/C18H27FN2O3S/c1-24-18-7-9-20(10-8-18)17-5-11-21(12-6-17)25(22,23)14-15-3-2-4-16(19)13-15/h2-4,13,17-18H,5-12,14H2,1H3.